The number of hydrogen-bond donors (Lipinski definition) is 2. The molecule has 1 aromatic carbocycles. The second-order valence-corrected chi connectivity index (χ2v) is 7.04. The molecule has 1 amide bonds. The van der Waals surface area contributed by atoms with E-state index in [1.54, 1.807) is 0 Å². The summed E-state index contributed by atoms with van der Waals surface area (Å²) >= 11 is 0. The molecule has 1 atom stereocenters. The molecule has 4 nitrogen and oxygen atoms in total. The summed E-state index contributed by atoms with van der Waals surface area (Å²) in [6, 6.07) is 7.80. The Morgan fingerprint density at radius 2 is 1.82 bits per heavy atom. The summed E-state index contributed by atoms with van der Waals surface area (Å²) < 4.78 is 0. The Morgan fingerprint density at radius 1 is 1.23 bits per heavy atom. The molecule has 0 radical (unpaired) electrons. The van der Waals surface area contributed by atoms with E-state index in [4.69, 9.17) is 0 Å². The van der Waals surface area contributed by atoms with Gasteiger partial charge in [0.2, 0.25) is 5.91 Å². The van der Waals surface area contributed by atoms with Crippen LogP contribution in [0.1, 0.15) is 33.3 Å². The van der Waals surface area contributed by atoms with E-state index in [0.717, 1.165) is 25.2 Å². The molecular formula is C18H31N3O. The van der Waals surface area contributed by atoms with E-state index < -0.39 is 0 Å². The molecule has 0 saturated heterocycles. The summed E-state index contributed by atoms with van der Waals surface area (Å²) in [6.07, 6.45) is 1.01. The Labute approximate surface area is 135 Å². The van der Waals surface area contributed by atoms with Crippen LogP contribution in [0.3, 0.4) is 0 Å². The molecule has 0 aliphatic heterocycles. The minimum atomic E-state index is -0.215. The number of nitrogens with one attached hydrogen (secondary N) is 2. The molecule has 1 rings (SSSR count). The normalized spacial score (nSPS) is 13.2. The highest BCUT2D eigenvalue weighted by atomic mass is 16.2. The molecular weight excluding hydrogens is 274 g/mol. The largest absolute Gasteiger partial charge is 0.325 e. The van der Waals surface area contributed by atoms with Crippen LogP contribution >= 0.6 is 0 Å². The molecule has 0 aliphatic carbocycles. The lowest BCUT2D eigenvalue weighted by Crippen LogP contribution is -2.45. The lowest BCUT2D eigenvalue weighted by atomic mass is 9.92. The van der Waals surface area contributed by atoms with Gasteiger partial charge in [0.15, 0.2) is 0 Å². The molecule has 0 heterocycles. The zero-order chi connectivity index (χ0) is 16.8. The van der Waals surface area contributed by atoms with Crippen LogP contribution in [-0.4, -0.2) is 44.0 Å². The van der Waals surface area contributed by atoms with Crippen molar-refractivity contribution >= 4 is 11.6 Å². The van der Waals surface area contributed by atoms with Gasteiger partial charge in [-0.2, -0.15) is 0 Å². The molecule has 1 unspecified atom stereocenters. The van der Waals surface area contributed by atoms with Crippen molar-refractivity contribution < 1.29 is 4.79 Å². The van der Waals surface area contributed by atoms with Gasteiger partial charge in [-0.25, -0.2) is 0 Å². The SMILES string of the molecule is CCc1ccc(NC(=O)C(C)NCC(C)(C)CN(C)C)cc1. The molecule has 22 heavy (non-hydrogen) atoms. The summed E-state index contributed by atoms with van der Waals surface area (Å²) in [6.45, 7) is 10.2. The Balaban J connectivity index is 2.47. The third-order valence-corrected chi connectivity index (χ3v) is 3.65. The zero-order valence-corrected chi connectivity index (χ0v) is 14.9. The number of aryl methyl sites for hydroxylation is 1. The monoisotopic (exact) mass is 305 g/mol. The highest BCUT2D eigenvalue weighted by Gasteiger charge is 2.21. The van der Waals surface area contributed by atoms with Gasteiger partial charge in [0, 0.05) is 18.8 Å². The standard InChI is InChI=1S/C18H31N3O/c1-7-15-8-10-16(11-9-15)20-17(22)14(2)19-12-18(3,4)13-21(5)6/h8-11,14,19H,7,12-13H2,1-6H3,(H,20,22). The van der Waals surface area contributed by atoms with Crippen LogP contribution in [-0.2, 0) is 11.2 Å². The van der Waals surface area contributed by atoms with E-state index in [1.807, 2.05) is 31.2 Å². The van der Waals surface area contributed by atoms with E-state index in [9.17, 15) is 4.79 Å². The second kappa shape index (κ2) is 8.30. The first-order valence-electron chi connectivity index (χ1n) is 8.01. The first kappa shape index (κ1) is 18.7. The number of amides is 1. The van der Waals surface area contributed by atoms with Crippen LogP contribution in [0, 0.1) is 5.41 Å². The zero-order valence-electron chi connectivity index (χ0n) is 14.9. The van der Waals surface area contributed by atoms with Crippen molar-refractivity contribution in [2.45, 2.75) is 40.2 Å². The third-order valence-electron chi connectivity index (χ3n) is 3.65. The highest BCUT2D eigenvalue weighted by Crippen LogP contribution is 2.15. The van der Waals surface area contributed by atoms with E-state index in [-0.39, 0.29) is 17.4 Å². The van der Waals surface area contributed by atoms with Crippen LogP contribution in [0.15, 0.2) is 24.3 Å². The van der Waals surface area contributed by atoms with Gasteiger partial charge < -0.3 is 15.5 Å². The summed E-state index contributed by atoms with van der Waals surface area (Å²) in [5.41, 5.74) is 2.25. The maximum atomic E-state index is 12.2. The van der Waals surface area contributed by atoms with E-state index in [1.165, 1.54) is 5.56 Å². The van der Waals surface area contributed by atoms with Gasteiger partial charge in [-0.1, -0.05) is 32.9 Å². The summed E-state index contributed by atoms with van der Waals surface area (Å²) in [5, 5.41) is 6.29. The molecule has 124 valence electrons. The first-order chi connectivity index (χ1) is 10.2. The van der Waals surface area contributed by atoms with Crippen molar-refractivity contribution in [2.75, 3.05) is 32.5 Å². The minimum Gasteiger partial charge on any atom is -0.325 e. The predicted molar refractivity (Wildman–Crippen MR) is 94.2 cm³/mol. The molecule has 0 spiro atoms. The Bertz CT molecular complexity index is 466. The number of carbonyl (C=O) groups excluding carboxylic acids is 1. The summed E-state index contributed by atoms with van der Waals surface area (Å²) in [7, 11) is 4.13. The third kappa shape index (κ3) is 6.58. The smallest absolute Gasteiger partial charge is 0.241 e. The molecule has 0 aromatic heterocycles. The van der Waals surface area contributed by atoms with Crippen molar-refractivity contribution in [3.05, 3.63) is 29.8 Å². The van der Waals surface area contributed by atoms with Crippen LogP contribution in [0.2, 0.25) is 0 Å². The molecule has 4 heteroatoms. The fraction of sp³-hybridized carbons (Fsp3) is 0.611. The van der Waals surface area contributed by atoms with Crippen LogP contribution in [0.5, 0.6) is 0 Å². The van der Waals surface area contributed by atoms with Gasteiger partial charge >= 0.3 is 0 Å². The van der Waals surface area contributed by atoms with Crippen molar-refractivity contribution in [1.82, 2.24) is 10.2 Å². The van der Waals surface area contributed by atoms with Gasteiger partial charge in [0.1, 0.15) is 0 Å². The second-order valence-electron chi connectivity index (χ2n) is 7.04. The van der Waals surface area contributed by atoms with Gasteiger partial charge in [-0.3, -0.25) is 4.79 Å². The topological polar surface area (TPSA) is 44.4 Å². The van der Waals surface area contributed by atoms with Crippen molar-refractivity contribution in [3.8, 4) is 0 Å². The van der Waals surface area contributed by atoms with Crippen molar-refractivity contribution in [1.29, 1.82) is 0 Å². The molecule has 2 N–H and O–H groups in total. The maximum Gasteiger partial charge on any atom is 0.241 e. The fourth-order valence-corrected chi connectivity index (χ4v) is 2.51. The number of anilines is 1. The van der Waals surface area contributed by atoms with Crippen LogP contribution in [0.4, 0.5) is 5.69 Å². The lowest BCUT2D eigenvalue weighted by molar-refractivity contribution is -0.117. The van der Waals surface area contributed by atoms with Crippen molar-refractivity contribution in [3.63, 3.8) is 0 Å². The van der Waals surface area contributed by atoms with Gasteiger partial charge in [0.25, 0.3) is 0 Å². The number of rotatable bonds is 8. The quantitative estimate of drug-likeness (QED) is 0.776. The predicted octanol–water partition coefficient (Wildman–Crippen LogP) is 2.75. The van der Waals surface area contributed by atoms with E-state index in [0.29, 0.717) is 0 Å². The van der Waals surface area contributed by atoms with Gasteiger partial charge in [-0.05, 0) is 50.6 Å². The Hall–Kier alpha value is -1.39. The van der Waals surface area contributed by atoms with E-state index >= 15 is 0 Å². The summed E-state index contributed by atoms with van der Waals surface area (Å²) in [4.78, 5) is 14.4. The fourth-order valence-electron chi connectivity index (χ4n) is 2.51. The Kier molecular flexibility index (Phi) is 7.04. The molecule has 0 fully saturated rings. The molecule has 0 saturated carbocycles. The van der Waals surface area contributed by atoms with Crippen LogP contribution in [0.25, 0.3) is 0 Å². The molecule has 0 bridgehead atoms. The van der Waals surface area contributed by atoms with Gasteiger partial charge in [-0.15, -0.1) is 0 Å². The van der Waals surface area contributed by atoms with Gasteiger partial charge in [0.05, 0.1) is 6.04 Å². The number of benzene rings is 1. The van der Waals surface area contributed by atoms with Crippen molar-refractivity contribution in [2.24, 2.45) is 5.41 Å². The Morgan fingerprint density at radius 3 is 2.32 bits per heavy atom. The summed E-state index contributed by atoms with van der Waals surface area (Å²) in [5.74, 6) is 0.00454. The van der Waals surface area contributed by atoms with E-state index in [2.05, 4.69) is 50.4 Å². The number of carbonyl (C=O) groups is 1. The first-order valence-corrected chi connectivity index (χ1v) is 8.01. The molecule has 1 aromatic rings. The highest BCUT2D eigenvalue weighted by molar-refractivity contribution is 5.94. The molecule has 0 aliphatic rings. The van der Waals surface area contributed by atoms with Crippen LogP contribution < -0.4 is 10.6 Å². The number of nitrogens with zero attached hydrogens (tertiary/aromatic N) is 1. The number of hydrogen-bond acceptors (Lipinski definition) is 3. The minimum absolute atomic E-state index is 0.00454. The average molecular weight is 305 g/mol. The lowest BCUT2D eigenvalue weighted by Gasteiger charge is -2.29. The average Bonchev–Trinajstić information content (AvgIpc) is 2.44. The maximum absolute atomic E-state index is 12.2.